The number of halogens is 2. The number of aromatic nitrogens is 2. The zero-order valence-electron chi connectivity index (χ0n) is 12.6. The number of carbonyl (C=O) groups is 1. The minimum Gasteiger partial charge on any atom is -0.346 e. The van der Waals surface area contributed by atoms with E-state index in [1.807, 2.05) is 26.0 Å². The van der Waals surface area contributed by atoms with E-state index in [0.717, 1.165) is 16.8 Å². The highest BCUT2D eigenvalue weighted by Gasteiger charge is 2.10. The Kier molecular flexibility index (Phi) is 5.27. The Morgan fingerprint density at radius 1 is 1.32 bits per heavy atom. The van der Waals surface area contributed by atoms with Crippen molar-refractivity contribution in [2.45, 2.75) is 19.9 Å². The van der Waals surface area contributed by atoms with Crippen molar-refractivity contribution < 1.29 is 4.79 Å². The Labute approximate surface area is 139 Å². The molecule has 0 saturated carbocycles. The molecule has 0 spiro atoms. The van der Waals surface area contributed by atoms with Crippen molar-refractivity contribution >= 4 is 35.2 Å². The van der Waals surface area contributed by atoms with Gasteiger partial charge in [-0.25, -0.2) is 0 Å². The van der Waals surface area contributed by atoms with Gasteiger partial charge in [-0.1, -0.05) is 35.3 Å². The van der Waals surface area contributed by atoms with E-state index in [2.05, 4.69) is 10.4 Å². The molecule has 0 radical (unpaired) electrons. The maximum atomic E-state index is 12.0. The monoisotopic (exact) mass is 337 g/mol. The van der Waals surface area contributed by atoms with Crippen LogP contribution in [0.3, 0.4) is 0 Å². The predicted molar refractivity (Wildman–Crippen MR) is 90.0 cm³/mol. The van der Waals surface area contributed by atoms with Gasteiger partial charge in [0, 0.05) is 23.7 Å². The largest absolute Gasteiger partial charge is 0.346 e. The molecule has 0 aliphatic rings. The average Bonchev–Trinajstić information content (AvgIpc) is 2.70. The molecule has 2 rings (SSSR count). The summed E-state index contributed by atoms with van der Waals surface area (Å²) in [5.74, 6) is -0.193. The Bertz CT molecular complexity index is 705. The molecular formula is C16H17Cl2N3O. The van der Waals surface area contributed by atoms with Crippen LogP contribution in [0.1, 0.15) is 29.8 Å². The van der Waals surface area contributed by atoms with Crippen molar-refractivity contribution in [2.75, 3.05) is 0 Å². The van der Waals surface area contributed by atoms with Gasteiger partial charge >= 0.3 is 0 Å². The van der Waals surface area contributed by atoms with Crippen molar-refractivity contribution in [3.8, 4) is 0 Å². The number of hydrogen-bond donors (Lipinski definition) is 1. The molecule has 1 aromatic heterocycles. The Balaban J connectivity index is 2.03. The third-order valence-electron chi connectivity index (χ3n) is 3.33. The highest BCUT2D eigenvalue weighted by Crippen LogP contribution is 2.20. The number of nitrogens with one attached hydrogen (secondary N) is 1. The second-order valence-electron chi connectivity index (χ2n) is 5.03. The topological polar surface area (TPSA) is 46.9 Å². The minimum atomic E-state index is -0.193. The van der Waals surface area contributed by atoms with Crippen LogP contribution >= 0.6 is 23.2 Å². The van der Waals surface area contributed by atoms with Gasteiger partial charge in [0.25, 0.3) is 0 Å². The molecule has 0 aliphatic heterocycles. The fourth-order valence-corrected chi connectivity index (χ4v) is 2.45. The summed E-state index contributed by atoms with van der Waals surface area (Å²) < 4.78 is 1.57. The summed E-state index contributed by atoms with van der Waals surface area (Å²) in [6.07, 6.45) is 3.14. The van der Waals surface area contributed by atoms with Crippen LogP contribution in [0.2, 0.25) is 10.2 Å². The summed E-state index contributed by atoms with van der Waals surface area (Å²) in [5, 5.41) is 8.26. The first-order chi connectivity index (χ1) is 10.4. The van der Waals surface area contributed by atoms with Gasteiger partial charge in [0.2, 0.25) is 5.91 Å². The quantitative estimate of drug-likeness (QED) is 0.859. The Morgan fingerprint density at radius 2 is 1.95 bits per heavy atom. The van der Waals surface area contributed by atoms with E-state index < -0.39 is 0 Å². The molecule has 0 saturated heterocycles. The second kappa shape index (κ2) is 6.99. The number of benzene rings is 1. The third kappa shape index (κ3) is 3.90. The van der Waals surface area contributed by atoms with Crippen LogP contribution in [0.25, 0.3) is 6.08 Å². The molecule has 116 valence electrons. The first-order valence-corrected chi connectivity index (χ1v) is 7.57. The molecule has 1 amide bonds. The van der Waals surface area contributed by atoms with Crippen molar-refractivity contribution in [1.82, 2.24) is 15.1 Å². The lowest BCUT2D eigenvalue weighted by Crippen LogP contribution is -2.24. The van der Waals surface area contributed by atoms with Crippen molar-refractivity contribution in [1.29, 1.82) is 0 Å². The molecule has 1 unspecified atom stereocenters. The van der Waals surface area contributed by atoms with Gasteiger partial charge in [0.05, 0.1) is 11.7 Å². The van der Waals surface area contributed by atoms with Crippen LogP contribution in [-0.2, 0) is 11.8 Å². The molecule has 1 atom stereocenters. The number of nitrogens with zero attached hydrogens (tertiary/aromatic N) is 2. The zero-order chi connectivity index (χ0) is 16.3. The second-order valence-corrected chi connectivity index (χ2v) is 5.82. The highest BCUT2D eigenvalue weighted by molar-refractivity contribution is 6.31. The normalized spacial score (nSPS) is 12.6. The van der Waals surface area contributed by atoms with E-state index in [9.17, 15) is 4.79 Å². The molecule has 4 nitrogen and oxygen atoms in total. The maximum Gasteiger partial charge on any atom is 0.244 e. The predicted octanol–water partition coefficient (Wildman–Crippen LogP) is 3.93. The van der Waals surface area contributed by atoms with Gasteiger partial charge in [0.1, 0.15) is 5.15 Å². The first-order valence-electron chi connectivity index (χ1n) is 6.81. The summed E-state index contributed by atoms with van der Waals surface area (Å²) in [7, 11) is 1.76. The van der Waals surface area contributed by atoms with Crippen LogP contribution in [0.4, 0.5) is 0 Å². The van der Waals surface area contributed by atoms with Gasteiger partial charge in [0.15, 0.2) is 0 Å². The molecule has 2 aromatic rings. The van der Waals surface area contributed by atoms with E-state index in [0.29, 0.717) is 10.2 Å². The van der Waals surface area contributed by atoms with E-state index in [-0.39, 0.29) is 11.9 Å². The van der Waals surface area contributed by atoms with E-state index in [1.54, 1.807) is 29.9 Å². The zero-order valence-corrected chi connectivity index (χ0v) is 14.1. The molecule has 0 aliphatic carbocycles. The first kappa shape index (κ1) is 16.6. The number of amides is 1. The van der Waals surface area contributed by atoms with E-state index in [1.165, 1.54) is 6.08 Å². The fourth-order valence-electron chi connectivity index (χ4n) is 2.09. The van der Waals surface area contributed by atoms with Crippen LogP contribution in [0.5, 0.6) is 0 Å². The van der Waals surface area contributed by atoms with Crippen LogP contribution < -0.4 is 5.32 Å². The standard InChI is InChI=1S/C16H17Cl2N3O/c1-10(12-4-6-13(17)7-5-12)19-15(22)9-8-14-11(2)20-21(3)16(14)18/h4-10H,1-3H3,(H,19,22)/b9-8+. The van der Waals surface area contributed by atoms with Crippen molar-refractivity contribution in [3.05, 3.63) is 57.3 Å². The van der Waals surface area contributed by atoms with Crippen LogP contribution in [-0.4, -0.2) is 15.7 Å². The maximum absolute atomic E-state index is 12.0. The number of hydrogen-bond acceptors (Lipinski definition) is 2. The van der Waals surface area contributed by atoms with Gasteiger partial charge in [-0.15, -0.1) is 0 Å². The molecule has 22 heavy (non-hydrogen) atoms. The molecule has 0 bridgehead atoms. The lowest BCUT2D eigenvalue weighted by atomic mass is 10.1. The van der Waals surface area contributed by atoms with Crippen molar-refractivity contribution in [3.63, 3.8) is 0 Å². The number of aryl methyl sites for hydroxylation is 2. The Morgan fingerprint density at radius 3 is 2.50 bits per heavy atom. The lowest BCUT2D eigenvalue weighted by Gasteiger charge is -2.12. The third-order valence-corrected chi connectivity index (χ3v) is 4.03. The molecule has 6 heteroatoms. The minimum absolute atomic E-state index is 0.111. The summed E-state index contributed by atoms with van der Waals surface area (Å²) in [4.78, 5) is 12.0. The van der Waals surface area contributed by atoms with E-state index >= 15 is 0 Å². The molecule has 1 aromatic carbocycles. The highest BCUT2D eigenvalue weighted by atomic mass is 35.5. The molecule has 1 N–H and O–H groups in total. The number of carbonyl (C=O) groups excluding carboxylic acids is 1. The summed E-state index contributed by atoms with van der Waals surface area (Å²) in [6, 6.07) is 7.26. The smallest absolute Gasteiger partial charge is 0.244 e. The lowest BCUT2D eigenvalue weighted by molar-refractivity contribution is -0.117. The van der Waals surface area contributed by atoms with Crippen LogP contribution in [0.15, 0.2) is 30.3 Å². The molecule has 0 fully saturated rings. The van der Waals surface area contributed by atoms with Gasteiger partial charge < -0.3 is 5.32 Å². The van der Waals surface area contributed by atoms with Gasteiger partial charge in [-0.3, -0.25) is 9.48 Å². The van der Waals surface area contributed by atoms with Gasteiger partial charge in [-0.2, -0.15) is 5.10 Å². The Hall–Kier alpha value is -1.78. The van der Waals surface area contributed by atoms with Crippen molar-refractivity contribution in [2.24, 2.45) is 7.05 Å². The van der Waals surface area contributed by atoms with Gasteiger partial charge in [-0.05, 0) is 37.6 Å². The average molecular weight is 338 g/mol. The summed E-state index contributed by atoms with van der Waals surface area (Å²) in [6.45, 7) is 3.76. The molecular weight excluding hydrogens is 321 g/mol. The SMILES string of the molecule is Cc1nn(C)c(Cl)c1/C=C/C(=O)NC(C)c1ccc(Cl)cc1. The van der Waals surface area contributed by atoms with E-state index in [4.69, 9.17) is 23.2 Å². The number of rotatable bonds is 4. The molecule has 1 heterocycles. The summed E-state index contributed by atoms with van der Waals surface area (Å²) in [5.41, 5.74) is 2.52. The summed E-state index contributed by atoms with van der Waals surface area (Å²) >= 11 is 12.0. The fraction of sp³-hybridized carbons (Fsp3) is 0.250. The van der Waals surface area contributed by atoms with Crippen LogP contribution in [0, 0.1) is 6.92 Å².